The van der Waals surface area contributed by atoms with Gasteiger partial charge in [0.1, 0.15) is 4.64 Å². The number of amides is 1. The van der Waals surface area contributed by atoms with Gasteiger partial charge in [0.25, 0.3) is 0 Å². The molecule has 1 heterocycles. The molecule has 1 amide bonds. The zero-order valence-electron chi connectivity index (χ0n) is 6.48. The van der Waals surface area contributed by atoms with Crippen LogP contribution in [0.5, 0.6) is 0 Å². The van der Waals surface area contributed by atoms with Crippen LogP contribution in [-0.2, 0) is 0 Å². The van der Waals surface area contributed by atoms with Gasteiger partial charge in [0.2, 0.25) is 5.91 Å². The Balaban J connectivity index is 0.00000121. The Hall–Kier alpha value is 0.276. The third kappa shape index (κ3) is 2.96. The van der Waals surface area contributed by atoms with Crippen molar-refractivity contribution in [1.29, 1.82) is 0 Å². The Morgan fingerprint density at radius 2 is 2.17 bits per heavy atom. The molecule has 6 heteroatoms. The summed E-state index contributed by atoms with van der Waals surface area (Å²) in [6.07, 6.45) is 1.06. The van der Waals surface area contributed by atoms with Gasteiger partial charge in [-0.2, -0.15) is 0 Å². The average Bonchev–Trinajstić information content (AvgIpc) is 1.94. The predicted molar refractivity (Wildman–Crippen MR) is 42.5 cm³/mol. The summed E-state index contributed by atoms with van der Waals surface area (Å²) in [5.41, 5.74) is 5.07. The van der Waals surface area contributed by atoms with Crippen LogP contribution >= 0.6 is 12.2 Å². The Morgan fingerprint density at radius 3 is 2.58 bits per heavy atom. The standard InChI is InChI=1S/C6H5N2O2S.K/c7-6(9)4-1-2-5(11)8(10)3-4;/h1-3H,(H2,7,9);/q-1;+1. The third-order valence-corrected chi connectivity index (χ3v) is 1.48. The van der Waals surface area contributed by atoms with Gasteiger partial charge in [-0.1, -0.05) is 12.2 Å². The molecule has 4 nitrogen and oxygen atoms in total. The minimum atomic E-state index is -0.635. The number of aromatic nitrogens is 1. The molecule has 0 saturated heterocycles. The van der Waals surface area contributed by atoms with E-state index in [4.69, 9.17) is 5.73 Å². The van der Waals surface area contributed by atoms with Crippen molar-refractivity contribution in [1.82, 2.24) is 4.73 Å². The second-order valence-corrected chi connectivity index (χ2v) is 2.36. The number of hydrogen-bond donors (Lipinski definition) is 1. The van der Waals surface area contributed by atoms with Crippen molar-refractivity contribution in [2.75, 3.05) is 0 Å². The summed E-state index contributed by atoms with van der Waals surface area (Å²) in [6, 6.07) is 2.78. The van der Waals surface area contributed by atoms with Crippen molar-refractivity contribution in [3.63, 3.8) is 0 Å². The molecule has 0 aliphatic rings. The second kappa shape index (κ2) is 5.10. The van der Waals surface area contributed by atoms with Crippen molar-refractivity contribution >= 4 is 18.1 Å². The van der Waals surface area contributed by atoms with E-state index in [0.29, 0.717) is 4.73 Å². The molecule has 0 radical (unpaired) electrons. The molecule has 2 N–H and O–H groups in total. The van der Waals surface area contributed by atoms with Crippen molar-refractivity contribution in [3.8, 4) is 0 Å². The van der Waals surface area contributed by atoms with Crippen molar-refractivity contribution in [3.05, 3.63) is 33.7 Å². The van der Waals surface area contributed by atoms with E-state index in [1.54, 1.807) is 0 Å². The second-order valence-electron chi connectivity index (χ2n) is 1.95. The summed E-state index contributed by atoms with van der Waals surface area (Å²) in [5, 5.41) is 10.7. The first-order chi connectivity index (χ1) is 5.11. The first-order valence-corrected chi connectivity index (χ1v) is 3.22. The quantitative estimate of drug-likeness (QED) is 0.415. The molecule has 12 heavy (non-hydrogen) atoms. The topological polar surface area (TPSA) is 71.1 Å². The summed E-state index contributed by atoms with van der Waals surface area (Å²) in [7, 11) is 0. The minimum absolute atomic E-state index is 0. The zero-order valence-corrected chi connectivity index (χ0v) is 10.4. The molecule has 0 aliphatic carbocycles. The first-order valence-electron chi connectivity index (χ1n) is 2.81. The summed E-state index contributed by atoms with van der Waals surface area (Å²) >= 11 is 4.60. The molecule has 58 valence electrons. The fourth-order valence-electron chi connectivity index (χ4n) is 0.613. The van der Waals surface area contributed by atoms with E-state index in [-0.39, 0.29) is 61.6 Å². The van der Waals surface area contributed by atoms with Gasteiger partial charge in [-0.05, 0) is 12.1 Å². The fraction of sp³-hybridized carbons (Fsp3) is 0. The summed E-state index contributed by atoms with van der Waals surface area (Å²) in [6.45, 7) is 0. The molecule has 1 rings (SSSR count). The number of nitrogens with two attached hydrogens (primary N) is 1. The monoisotopic (exact) mass is 208 g/mol. The van der Waals surface area contributed by atoms with Gasteiger partial charge in [0, 0.05) is 6.20 Å². The molecule has 0 saturated carbocycles. The maximum absolute atomic E-state index is 10.7. The number of carbonyl (C=O) groups excluding carboxylic acids is 1. The van der Waals surface area contributed by atoms with Gasteiger partial charge in [-0.3, -0.25) is 4.79 Å². The Bertz CT molecular complexity index is 350. The normalized spacial score (nSPS) is 8.67. The maximum atomic E-state index is 10.7. The SMILES string of the molecule is NC(=O)c1ccc(=S)n([O-])c1.[K+]. The molecule has 1 aromatic heterocycles. The first kappa shape index (κ1) is 12.3. The number of carbonyl (C=O) groups is 1. The Morgan fingerprint density at radius 1 is 1.58 bits per heavy atom. The van der Waals surface area contributed by atoms with Crippen molar-refractivity contribution in [2.45, 2.75) is 0 Å². The molecule has 1 aromatic rings. The van der Waals surface area contributed by atoms with Crippen LogP contribution in [0.4, 0.5) is 0 Å². The number of primary amides is 1. The van der Waals surface area contributed by atoms with Crippen molar-refractivity contribution < 1.29 is 56.2 Å². The Kier molecular flexibility index (Phi) is 5.22. The molecule has 0 spiro atoms. The van der Waals surface area contributed by atoms with Crippen LogP contribution in [-0.4, -0.2) is 10.6 Å². The van der Waals surface area contributed by atoms with Gasteiger partial charge in [-0.15, -0.1) is 0 Å². The zero-order chi connectivity index (χ0) is 8.43. The number of nitrogens with zero attached hydrogens (tertiary/aromatic N) is 1. The summed E-state index contributed by atoms with van der Waals surface area (Å²) in [4.78, 5) is 10.5. The minimum Gasteiger partial charge on any atom is -0.805 e. The molecule has 0 fully saturated rings. The van der Waals surface area contributed by atoms with E-state index in [1.165, 1.54) is 12.1 Å². The van der Waals surface area contributed by atoms with Gasteiger partial charge in [0.05, 0.1) is 5.56 Å². The molecular formula is C6H5KN2O2S. The van der Waals surface area contributed by atoms with Crippen LogP contribution < -0.4 is 57.1 Å². The van der Waals surface area contributed by atoms with Crippen LogP contribution in [0, 0.1) is 9.85 Å². The van der Waals surface area contributed by atoms with E-state index >= 15 is 0 Å². The number of pyridine rings is 1. The maximum Gasteiger partial charge on any atom is 1.00 e. The summed E-state index contributed by atoms with van der Waals surface area (Å²) < 4.78 is 0.546. The molecule has 0 bridgehead atoms. The molecule has 0 aromatic carbocycles. The van der Waals surface area contributed by atoms with Crippen LogP contribution in [0.1, 0.15) is 10.4 Å². The fourth-order valence-corrected chi connectivity index (χ4v) is 0.734. The third-order valence-electron chi connectivity index (χ3n) is 1.16. The van der Waals surface area contributed by atoms with Gasteiger partial charge in [-0.25, -0.2) is 0 Å². The van der Waals surface area contributed by atoms with Gasteiger partial charge >= 0.3 is 51.4 Å². The largest absolute Gasteiger partial charge is 1.00 e. The predicted octanol–water partition coefficient (Wildman–Crippen LogP) is -2.33. The van der Waals surface area contributed by atoms with Crippen LogP contribution in [0.3, 0.4) is 0 Å². The van der Waals surface area contributed by atoms with Gasteiger partial charge in [0.15, 0.2) is 0 Å². The smallest absolute Gasteiger partial charge is 0.805 e. The Labute approximate surface area is 117 Å². The van der Waals surface area contributed by atoms with Crippen molar-refractivity contribution in [2.24, 2.45) is 5.73 Å². The van der Waals surface area contributed by atoms with E-state index in [9.17, 15) is 10.0 Å². The van der Waals surface area contributed by atoms with Gasteiger partial charge < -0.3 is 15.7 Å². The molecule has 0 unspecified atom stereocenters. The number of rotatable bonds is 1. The number of hydrogen-bond acceptors (Lipinski definition) is 3. The van der Waals surface area contributed by atoms with E-state index < -0.39 is 5.91 Å². The van der Waals surface area contributed by atoms with E-state index in [0.717, 1.165) is 6.20 Å². The van der Waals surface area contributed by atoms with Crippen LogP contribution in [0.2, 0.25) is 0 Å². The van der Waals surface area contributed by atoms with Crippen LogP contribution in [0.25, 0.3) is 0 Å². The average molecular weight is 208 g/mol. The molecule has 0 aliphatic heterocycles. The van der Waals surface area contributed by atoms with Crippen LogP contribution in [0.15, 0.2) is 18.3 Å². The summed E-state index contributed by atoms with van der Waals surface area (Å²) in [5.74, 6) is -0.635. The molecule has 0 atom stereocenters. The van der Waals surface area contributed by atoms with E-state index in [1.807, 2.05) is 0 Å². The van der Waals surface area contributed by atoms with E-state index in [2.05, 4.69) is 12.2 Å². The molecular weight excluding hydrogens is 203 g/mol.